The van der Waals surface area contributed by atoms with Crippen LogP contribution < -0.4 is 10.1 Å². The molecule has 3 rings (SSSR count). The van der Waals surface area contributed by atoms with E-state index >= 15 is 0 Å². The molecule has 4 heteroatoms. The zero-order valence-corrected chi connectivity index (χ0v) is 15.0. The Hall–Kier alpha value is -2.36. The van der Waals surface area contributed by atoms with Crippen LogP contribution in [0.2, 0.25) is 0 Å². The highest BCUT2D eigenvalue weighted by Gasteiger charge is 2.16. The molecule has 1 fully saturated rings. The maximum atomic E-state index is 11.1. The van der Waals surface area contributed by atoms with Gasteiger partial charge in [-0.1, -0.05) is 24.3 Å². The fraction of sp³-hybridized carbons (Fsp3) is 0.429. The molecule has 4 nitrogen and oxygen atoms in total. The number of nitrogens with one attached hydrogen (secondary N) is 1. The first-order valence-electron chi connectivity index (χ1n) is 9.09. The third kappa shape index (κ3) is 5.05. The molecule has 1 saturated carbocycles. The third-order valence-corrected chi connectivity index (χ3v) is 4.60. The van der Waals surface area contributed by atoms with Crippen molar-refractivity contribution in [3.63, 3.8) is 0 Å². The minimum atomic E-state index is 0.00936. The van der Waals surface area contributed by atoms with Gasteiger partial charge in [-0.2, -0.15) is 0 Å². The zero-order chi connectivity index (χ0) is 17.6. The van der Waals surface area contributed by atoms with Gasteiger partial charge >= 0.3 is 0 Å². The predicted molar refractivity (Wildman–Crippen MR) is 99.5 cm³/mol. The van der Waals surface area contributed by atoms with Crippen LogP contribution >= 0.6 is 0 Å². The van der Waals surface area contributed by atoms with Crippen molar-refractivity contribution >= 4 is 5.91 Å². The smallest absolute Gasteiger partial charge is 0.217 e. The molecule has 2 aromatic rings. The Bertz CT molecular complexity index is 689. The molecule has 1 unspecified atom stereocenters. The summed E-state index contributed by atoms with van der Waals surface area (Å²) in [7, 11) is 0. The van der Waals surface area contributed by atoms with Crippen LogP contribution in [0.3, 0.4) is 0 Å². The lowest BCUT2D eigenvalue weighted by Gasteiger charge is -2.13. The second kappa shape index (κ2) is 8.15. The summed E-state index contributed by atoms with van der Waals surface area (Å²) in [4.78, 5) is 15.5. The van der Waals surface area contributed by atoms with E-state index in [-0.39, 0.29) is 11.9 Å². The van der Waals surface area contributed by atoms with Gasteiger partial charge in [0.15, 0.2) is 0 Å². The molecule has 1 aromatic heterocycles. The van der Waals surface area contributed by atoms with Crippen molar-refractivity contribution in [2.45, 2.75) is 58.1 Å². The van der Waals surface area contributed by atoms with Crippen LogP contribution in [0.1, 0.15) is 45.1 Å². The van der Waals surface area contributed by atoms with Crippen LogP contribution in [0.15, 0.2) is 42.6 Å². The summed E-state index contributed by atoms with van der Waals surface area (Å²) in [5.41, 5.74) is 3.43. The molecule has 132 valence electrons. The van der Waals surface area contributed by atoms with Crippen LogP contribution in [-0.2, 0) is 11.2 Å². The van der Waals surface area contributed by atoms with Crippen molar-refractivity contribution in [3.05, 3.63) is 48.2 Å². The summed E-state index contributed by atoms with van der Waals surface area (Å²) < 4.78 is 5.92. The van der Waals surface area contributed by atoms with Gasteiger partial charge in [0.05, 0.1) is 0 Å². The van der Waals surface area contributed by atoms with E-state index in [4.69, 9.17) is 4.74 Å². The van der Waals surface area contributed by atoms with Gasteiger partial charge < -0.3 is 10.1 Å². The number of aromatic nitrogens is 1. The maximum absolute atomic E-state index is 11.1. The van der Waals surface area contributed by atoms with Crippen LogP contribution in [-0.4, -0.2) is 23.0 Å². The minimum Gasteiger partial charge on any atom is -0.474 e. The van der Waals surface area contributed by atoms with Crippen molar-refractivity contribution in [2.75, 3.05) is 0 Å². The lowest BCUT2D eigenvalue weighted by atomic mass is 10.0. The van der Waals surface area contributed by atoms with Crippen LogP contribution in [0.5, 0.6) is 5.88 Å². The minimum absolute atomic E-state index is 0.00936. The predicted octanol–water partition coefficient (Wildman–Crippen LogP) is 4.14. The Morgan fingerprint density at radius 3 is 2.44 bits per heavy atom. The molecular formula is C21H26N2O2. The fourth-order valence-electron chi connectivity index (χ4n) is 3.38. The highest BCUT2D eigenvalue weighted by molar-refractivity contribution is 5.73. The van der Waals surface area contributed by atoms with Crippen molar-refractivity contribution in [1.82, 2.24) is 10.3 Å². The standard InChI is InChI=1S/C21H26N2O2/c1-15(23-16(2)24)13-17-7-9-18(10-8-17)19-11-12-21(22-14-19)25-20-5-3-4-6-20/h7-12,14-15,20H,3-6,13H2,1-2H3,(H,23,24). The van der Waals surface area contributed by atoms with E-state index in [0.29, 0.717) is 6.10 Å². The molecule has 25 heavy (non-hydrogen) atoms. The van der Waals surface area contributed by atoms with Crippen LogP contribution in [0, 0.1) is 0 Å². The fourth-order valence-corrected chi connectivity index (χ4v) is 3.38. The molecule has 1 aromatic carbocycles. The summed E-state index contributed by atoms with van der Waals surface area (Å²) >= 11 is 0. The molecule has 0 aliphatic heterocycles. The lowest BCUT2D eigenvalue weighted by Crippen LogP contribution is -2.31. The van der Waals surface area contributed by atoms with Crippen LogP contribution in [0.4, 0.5) is 0 Å². The van der Waals surface area contributed by atoms with Gasteiger partial charge in [-0.15, -0.1) is 0 Å². The quantitative estimate of drug-likeness (QED) is 0.861. The summed E-state index contributed by atoms with van der Waals surface area (Å²) in [5, 5.41) is 2.91. The average Bonchev–Trinajstić information content (AvgIpc) is 3.08. The molecule has 1 N–H and O–H groups in total. The highest BCUT2D eigenvalue weighted by atomic mass is 16.5. The van der Waals surface area contributed by atoms with E-state index in [0.717, 1.165) is 36.3 Å². The van der Waals surface area contributed by atoms with Gasteiger partial charge in [-0.25, -0.2) is 4.98 Å². The second-order valence-corrected chi connectivity index (χ2v) is 6.91. The molecule has 1 heterocycles. The lowest BCUT2D eigenvalue weighted by molar-refractivity contribution is -0.119. The number of carbonyl (C=O) groups excluding carboxylic acids is 1. The highest BCUT2D eigenvalue weighted by Crippen LogP contribution is 2.25. The number of amides is 1. The second-order valence-electron chi connectivity index (χ2n) is 6.91. The normalized spacial score (nSPS) is 15.8. The Balaban J connectivity index is 1.60. The van der Waals surface area contributed by atoms with Crippen molar-refractivity contribution in [1.29, 1.82) is 0 Å². The van der Waals surface area contributed by atoms with Gasteiger partial charge in [-0.3, -0.25) is 4.79 Å². The molecule has 1 amide bonds. The van der Waals surface area contributed by atoms with Gasteiger partial charge in [0, 0.05) is 30.8 Å². The number of hydrogen-bond acceptors (Lipinski definition) is 3. The van der Waals surface area contributed by atoms with Crippen LogP contribution in [0.25, 0.3) is 11.1 Å². The van der Waals surface area contributed by atoms with Gasteiger partial charge in [0.2, 0.25) is 11.8 Å². The first kappa shape index (κ1) is 17.5. The summed E-state index contributed by atoms with van der Waals surface area (Å²) in [6.07, 6.45) is 7.84. The first-order chi connectivity index (χ1) is 12.1. The number of benzene rings is 1. The van der Waals surface area contributed by atoms with Crippen molar-refractivity contribution in [2.24, 2.45) is 0 Å². The Morgan fingerprint density at radius 2 is 1.84 bits per heavy atom. The average molecular weight is 338 g/mol. The maximum Gasteiger partial charge on any atom is 0.217 e. The number of hydrogen-bond donors (Lipinski definition) is 1. The molecule has 1 atom stereocenters. The molecule has 1 aliphatic rings. The number of nitrogens with zero attached hydrogens (tertiary/aromatic N) is 1. The largest absolute Gasteiger partial charge is 0.474 e. The van der Waals surface area contributed by atoms with E-state index in [1.54, 1.807) is 6.92 Å². The van der Waals surface area contributed by atoms with E-state index in [9.17, 15) is 4.79 Å². The van der Waals surface area contributed by atoms with E-state index < -0.39 is 0 Å². The SMILES string of the molecule is CC(=O)NC(C)Cc1ccc(-c2ccc(OC3CCCC3)nc2)cc1. The Kier molecular flexibility index (Phi) is 5.69. The number of carbonyl (C=O) groups is 1. The Labute approximate surface area is 149 Å². The monoisotopic (exact) mass is 338 g/mol. The van der Waals surface area contributed by atoms with E-state index in [1.807, 2.05) is 19.2 Å². The summed E-state index contributed by atoms with van der Waals surface area (Å²) in [6, 6.07) is 12.6. The summed E-state index contributed by atoms with van der Waals surface area (Å²) in [6.45, 7) is 3.56. The van der Waals surface area contributed by atoms with E-state index in [1.165, 1.54) is 18.4 Å². The molecule has 1 aliphatic carbocycles. The topological polar surface area (TPSA) is 51.2 Å². The van der Waals surface area contributed by atoms with Gasteiger partial charge in [-0.05, 0) is 56.2 Å². The molecular weight excluding hydrogens is 312 g/mol. The number of pyridine rings is 1. The molecule has 0 radical (unpaired) electrons. The molecule has 0 bridgehead atoms. The zero-order valence-electron chi connectivity index (χ0n) is 15.0. The number of rotatable bonds is 6. The first-order valence-corrected chi connectivity index (χ1v) is 9.09. The Morgan fingerprint density at radius 1 is 1.16 bits per heavy atom. The molecule has 0 spiro atoms. The molecule has 0 saturated heterocycles. The van der Waals surface area contributed by atoms with Gasteiger partial charge in [0.1, 0.15) is 6.10 Å². The van der Waals surface area contributed by atoms with Crippen molar-refractivity contribution in [3.8, 4) is 17.0 Å². The summed E-state index contributed by atoms with van der Waals surface area (Å²) in [5.74, 6) is 0.728. The number of ether oxygens (including phenoxy) is 1. The van der Waals surface area contributed by atoms with E-state index in [2.05, 4.69) is 40.6 Å². The van der Waals surface area contributed by atoms with Gasteiger partial charge in [0.25, 0.3) is 0 Å². The third-order valence-electron chi connectivity index (χ3n) is 4.60. The van der Waals surface area contributed by atoms with Crippen molar-refractivity contribution < 1.29 is 9.53 Å².